The minimum absolute atomic E-state index is 0.0372. The predicted molar refractivity (Wildman–Crippen MR) is 113 cm³/mol. The topological polar surface area (TPSA) is 133 Å². The summed E-state index contributed by atoms with van der Waals surface area (Å²) in [4.78, 5) is 28.2. The Hall–Kier alpha value is -2.38. The van der Waals surface area contributed by atoms with Crippen molar-refractivity contribution in [2.75, 3.05) is 11.5 Å². The third-order valence-corrected chi connectivity index (χ3v) is 5.95. The van der Waals surface area contributed by atoms with Crippen LogP contribution >= 0.6 is 0 Å². The number of nitrogens with one attached hydrogen (secondary N) is 1. The lowest BCUT2D eigenvalue weighted by atomic mass is 10.2. The van der Waals surface area contributed by atoms with Crippen LogP contribution in [0.1, 0.15) is 72.7 Å². The Labute approximate surface area is 191 Å². The van der Waals surface area contributed by atoms with Crippen molar-refractivity contribution in [1.82, 2.24) is 15.5 Å². The first-order valence-corrected chi connectivity index (χ1v) is 12.0. The van der Waals surface area contributed by atoms with Gasteiger partial charge in [-0.3, -0.25) is 0 Å². The molecule has 0 aromatic carbocycles. The molecule has 0 saturated carbocycles. The number of ether oxygens (including phenoxy) is 2. The van der Waals surface area contributed by atoms with Crippen molar-refractivity contribution >= 4 is 21.9 Å². The maximum absolute atomic E-state index is 13.3. The molecule has 10 nitrogen and oxygen atoms in total. The fourth-order valence-electron chi connectivity index (χ4n) is 2.46. The first kappa shape index (κ1) is 28.7. The Morgan fingerprint density at radius 1 is 1.12 bits per heavy atom. The molecule has 0 aliphatic rings. The van der Waals surface area contributed by atoms with E-state index in [4.69, 9.17) is 9.47 Å². The van der Waals surface area contributed by atoms with Crippen molar-refractivity contribution in [3.05, 3.63) is 12.2 Å². The minimum atomic E-state index is -4.45. The Kier molecular flexibility index (Phi) is 9.69. The van der Waals surface area contributed by atoms with Gasteiger partial charge in [0.2, 0.25) is 6.39 Å². The zero-order chi connectivity index (χ0) is 25.5. The van der Waals surface area contributed by atoms with Gasteiger partial charge in [-0.05, 0) is 54.4 Å². The number of carbonyl (C=O) groups excluding carboxylic acids is 2. The second-order valence-electron chi connectivity index (χ2n) is 9.25. The number of halogens is 3. The average Bonchev–Trinajstić information content (AvgIpc) is 3.08. The van der Waals surface area contributed by atoms with Crippen LogP contribution in [0.5, 0.6) is 0 Å². The van der Waals surface area contributed by atoms with Crippen LogP contribution in [0, 0.1) is 0 Å². The summed E-state index contributed by atoms with van der Waals surface area (Å²) < 4.78 is 69.6. The lowest BCUT2D eigenvalue weighted by Crippen LogP contribution is -2.36. The molecule has 2 amide bonds. The maximum Gasteiger partial charge on any atom is 0.442 e. The normalized spacial score (nSPS) is 15.3. The molecule has 0 aliphatic heterocycles. The van der Waals surface area contributed by atoms with E-state index in [0.29, 0.717) is 0 Å². The summed E-state index contributed by atoms with van der Waals surface area (Å²) in [5.74, 6) is -0.786. The monoisotopic (exact) mass is 500 g/mol. The van der Waals surface area contributed by atoms with Crippen LogP contribution in [-0.4, -0.2) is 55.4 Å². The molecule has 190 valence electrons. The van der Waals surface area contributed by atoms with E-state index in [1.165, 1.54) is 0 Å². The molecule has 14 heteroatoms. The van der Waals surface area contributed by atoms with E-state index in [0.717, 1.165) is 6.39 Å². The molecule has 1 N–H and O–H groups in total. The molecule has 0 aliphatic carbocycles. The Bertz CT molecular complexity index is 898. The molecule has 1 rings (SSSR count). The van der Waals surface area contributed by atoms with Gasteiger partial charge in [0.25, 0.3) is 0 Å². The third-order valence-electron chi connectivity index (χ3n) is 3.66. The smallest absolute Gasteiger partial charge is 0.442 e. The summed E-state index contributed by atoms with van der Waals surface area (Å²) in [6.07, 6.45) is -7.18. The van der Waals surface area contributed by atoms with Gasteiger partial charge in [0.15, 0.2) is 5.82 Å². The number of hydrogen-bond donors (Lipinski definition) is 1. The van der Waals surface area contributed by atoms with Gasteiger partial charge < -0.3 is 19.3 Å². The van der Waals surface area contributed by atoms with Gasteiger partial charge in [0.05, 0.1) is 15.8 Å². The summed E-state index contributed by atoms with van der Waals surface area (Å²) in [6.45, 7) is 9.68. The number of amides is 2. The van der Waals surface area contributed by atoms with Crippen LogP contribution < -0.4 is 5.32 Å². The van der Waals surface area contributed by atoms with Gasteiger partial charge in [-0.25, -0.2) is 13.8 Å². The molecule has 1 aromatic rings. The molecule has 0 radical (unpaired) electrons. The molecular formula is C19H31F3N4O6S. The first-order chi connectivity index (χ1) is 14.9. The van der Waals surface area contributed by atoms with Crippen molar-refractivity contribution in [3.8, 4) is 0 Å². The average molecular weight is 501 g/mol. The summed E-state index contributed by atoms with van der Waals surface area (Å²) in [5.41, 5.74) is -1.73. The molecular weight excluding hydrogens is 469 g/mol. The van der Waals surface area contributed by atoms with Crippen LogP contribution in [0.15, 0.2) is 15.3 Å². The molecule has 1 aromatic heterocycles. The van der Waals surface area contributed by atoms with Gasteiger partial charge in [0.1, 0.15) is 11.2 Å². The van der Waals surface area contributed by atoms with Crippen molar-refractivity contribution in [2.24, 2.45) is 4.36 Å². The summed E-state index contributed by atoms with van der Waals surface area (Å²) in [7, 11) is -3.47. The molecule has 0 bridgehead atoms. The number of hydrogen-bond acceptors (Lipinski definition) is 8. The Morgan fingerprint density at radius 3 is 2.21 bits per heavy atom. The summed E-state index contributed by atoms with van der Waals surface area (Å²) >= 11 is 0. The fraction of sp³-hybridized carbons (Fsp3) is 0.789. The highest BCUT2D eigenvalue weighted by atomic mass is 32.2. The van der Waals surface area contributed by atoms with Gasteiger partial charge >= 0.3 is 18.4 Å². The zero-order valence-electron chi connectivity index (χ0n) is 19.5. The fourth-order valence-corrected chi connectivity index (χ4v) is 4.35. The van der Waals surface area contributed by atoms with Crippen LogP contribution in [0.2, 0.25) is 0 Å². The van der Waals surface area contributed by atoms with E-state index >= 15 is 0 Å². The number of nitrogens with zero attached hydrogens (tertiary/aromatic N) is 3. The molecule has 0 saturated heterocycles. The third kappa shape index (κ3) is 13.0. The second kappa shape index (κ2) is 11.2. The van der Waals surface area contributed by atoms with Crippen LogP contribution in [0.3, 0.4) is 0 Å². The standard InChI is InChI=1S/C19H31F3N4O6S/c1-17(2,3)31-15(27)24-13(14-23-12-30-25-14)8-11-33(29,10-7-9-19(20,21)22)26-16(28)32-18(4,5)6/h12-13H,7-11H2,1-6H3,(H,24,27)/t13-,33?/m0/s1. The number of alkyl carbamates (subject to hydrolysis) is 1. The number of alkyl halides is 3. The van der Waals surface area contributed by atoms with Crippen LogP contribution in [0.25, 0.3) is 0 Å². The largest absolute Gasteiger partial charge is 0.444 e. The molecule has 33 heavy (non-hydrogen) atoms. The van der Waals surface area contributed by atoms with Gasteiger partial charge in [-0.15, -0.1) is 4.36 Å². The van der Waals surface area contributed by atoms with Crippen molar-refractivity contribution in [2.45, 2.75) is 84.2 Å². The van der Waals surface area contributed by atoms with Gasteiger partial charge in [0, 0.05) is 17.9 Å². The highest BCUT2D eigenvalue weighted by Gasteiger charge is 2.29. The van der Waals surface area contributed by atoms with E-state index in [1.807, 2.05) is 0 Å². The van der Waals surface area contributed by atoms with Gasteiger partial charge in [-0.1, -0.05) is 5.16 Å². The number of aromatic nitrogens is 2. The Balaban J connectivity index is 3.07. The predicted octanol–water partition coefficient (Wildman–Crippen LogP) is 4.77. The number of carbonyl (C=O) groups is 2. The number of rotatable bonds is 8. The van der Waals surface area contributed by atoms with E-state index in [2.05, 4.69) is 24.3 Å². The molecule has 2 atom stereocenters. The maximum atomic E-state index is 13.3. The lowest BCUT2D eigenvalue weighted by Gasteiger charge is -2.23. The van der Waals surface area contributed by atoms with Gasteiger partial charge in [-0.2, -0.15) is 18.2 Å². The lowest BCUT2D eigenvalue weighted by molar-refractivity contribution is -0.134. The van der Waals surface area contributed by atoms with Crippen molar-refractivity contribution in [1.29, 1.82) is 0 Å². The van der Waals surface area contributed by atoms with Crippen molar-refractivity contribution in [3.63, 3.8) is 0 Å². The van der Waals surface area contributed by atoms with Crippen molar-refractivity contribution < 1.29 is 41.0 Å². The molecule has 1 unspecified atom stereocenters. The van der Waals surface area contributed by atoms with E-state index in [9.17, 15) is 27.0 Å². The summed E-state index contributed by atoms with van der Waals surface area (Å²) in [6, 6.07) is -0.948. The highest BCUT2D eigenvalue weighted by molar-refractivity contribution is 7.93. The highest BCUT2D eigenvalue weighted by Crippen LogP contribution is 2.23. The molecule has 0 fully saturated rings. The molecule has 0 spiro atoms. The van der Waals surface area contributed by atoms with E-state index < -0.39 is 63.9 Å². The van der Waals surface area contributed by atoms with E-state index in [-0.39, 0.29) is 18.0 Å². The second-order valence-corrected chi connectivity index (χ2v) is 11.8. The van der Waals surface area contributed by atoms with Crippen LogP contribution in [-0.2, 0) is 19.2 Å². The Morgan fingerprint density at radius 2 is 1.73 bits per heavy atom. The zero-order valence-corrected chi connectivity index (χ0v) is 20.3. The van der Waals surface area contributed by atoms with Crippen LogP contribution in [0.4, 0.5) is 22.8 Å². The molecule has 1 heterocycles. The van der Waals surface area contributed by atoms with E-state index in [1.54, 1.807) is 41.5 Å². The SMILES string of the molecule is CC(C)(C)OC(=O)N=S(=O)(CCCC(F)(F)F)CC[C@H](NC(=O)OC(C)(C)C)c1ncon1. The first-order valence-electron chi connectivity index (χ1n) is 10.2. The quantitative estimate of drug-likeness (QED) is 0.540. The minimum Gasteiger partial charge on any atom is -0.444 e. The summed E-state index contributed by atoms with van der Waals surface area (Å²) in [5, 5.41) is 6.16.